The summed E-state index contributed by atoms with van der Waals surface area (Å²) in [6.45, 7) is 4.53. The number of rotatable bonds is 6. The number of nitrogens with one attached hydrogen (secondary N) is 1. The van der Waals surface area contributed by atoms with Crippen LogP contribution in [0.25, 0.3) is 0 Å². The minimum atomic E-state index is -0.425. The molecule has 0 spiro atoms. The number of halogens is 1. The van der Waals surface area contributed by atoms with E-state index in [-0.39, 0.29) is 11.7 Å². The number of carbonyl (C=O) groups is 2. The lowest BCUT2D eigenvalue weighted by Crippen LogP contribution is -2.50. The molecule has 1 saturated heterocycles. The van der Waals surface area contributed by atoms with Gasteiger partial charge in [0.2, 0.25) is 5.91 Å². The number of hydrogen-bond acceptors (Lipinski definition) is 4. The number of hydrogen-bond donors (Lipinski definition) is 1. The SMILES string of the molecule is CC(=O)c1cccc(NC(=O)[C@H](c2ccccc2)N2CCN(c3ccccc3Cl)CC2)c1. The number of ketones is 1. The Kier molecular flexibility index (Phi) is 6.88. The Labute approximate surface area is 193 Å². The smallest absolute Gasteiger partial charge is 0.246 e. The molecular formula is C26H26ClN3O2. The summed E-state index contributed by atoms with van der Waals surface area (Å²) >= 11 is 6.38. The molecule has 1 N–H and O–H groups in total. The molecule has 4 rings (SSSR count). The van der Waals surface area contributed by atoms with Crippen molar-refractivity contribution < 1.29 is 9.59 Å². The number of benzene rings is 3. The number of nitrogens with zero attached hydrogens (tertiary/aromatic N) is 2. The molecule has 1 aliphatic heterocycles. The van der Waals surface area contributed by atoms with Gasteiger partial charge >= 0.3 is 0 Å². The fraction of sp³-hybridized carbons (Fsp3) is 0.231. The first-order valence-electron chi connectivity index (χ1n) is 10.7. The molecule has 1 heterocycles. The lowest BCUT2D eigenvalue weighted by atomic mass is 10.0. The van der Waals surface area contributed by atoms with Gasteiger partial charge in [-0.05, 0) is 36.8 Å². The minimum Gasteiger partial charge on any atom is -0.368 e. The van der Waals surface area contributed by atoms with Gasteiger partial charge < -0.3 is 10.2 Å². The van der Waals surface area contributed by atoms with Crippen molar-refractivity contribution in [3.05, 3.63) is 95.0 Å². The highest BCUT2D eigenvalue weighted by atomic mass is 35.5. The Bertz CT molecular complexity index is 1090. The van der Waals surface area contributed by atoms with E-state index in [0.717, 1.165) is 42.5 Å². The van der Waals surface area contributed by atoms with Gasteiger partial charge in [0.1, 0.15) is 6.04 Å². The molecular weight excluding hydrogens is 422 g/mol. The van der Waals surface area contributed by atoms with E-state index in [9.17, 15) is 9.59 Å². The van der Waals surface area contributed by atoms with Crippen molar-refractivity contribution in [2.45, 2.75) is 13.0 Å². The van der Waals surface area contributed by atoms with Crippen LogP contribution >= 0.6 is 11.6 Å². The van der Waals surface area contributed by atoms with Gasteiger partial charge in [0.25, 0.3) is 0 Å². The molecule has 0 saturated carbocycles. The number of Topliss-reactive ketones (excluding diaryl/α,β-unsaturated/α-hetero) is 1. The van der Waals surface area contributed by atoms with E-state index in [0.29, 0.717) is 11.3 Å². The van der Waals surface area contributed by atoms with E-state index in [1.54, 1.807) is 18.2 Å². The zero-order chi connectivity index (χ0) is 22.5. The van der Waals surface area contributed by atoms with Gasteiger partial charge in [-0.2, -0.15) is 0 Å². The Morgan fingerprint density at radius 3 is 2.25 bits per heavy atom. The third kappa shape index (κ3) is 5.01. The second kappa shape index (κ2) is 9.98. The first kappa shape index (κ1) is 22.1. The lowest BCUT2D eigenvalue weighted by molar-refractivity contribution is -0.121. The molecule has 0 aromatic heterocycles. The maximum Gasteiger partial charge on any atom is 0.246 e. The zero-order valence-electron chi connectivity index (χ0n) is 18.0. The molecule has 0 radical (unpaired) electrons. The van der Waals surface area contributed by atoms with E-state index >= 15 is 0 Å². The third-order valence-electron chi connectivity index (χ3n) is 5.77. The van der Waals surface area contributed by atoms with Crippen LogP contribution in [-0.2, 0) is 4.79 Å². The van der Waals surface area contributed by atoms with Crippen LogP contribution in [0.2, 0.25) is 5.02 Å². The van der Waals surface area contributed by atoms with Gasteiger partial charge in [-0.15, -0.1) is 0 Å². The van der Waals surface area contributed by atoms with E-state index < -0.39 is 6.04 Å². The van der Waals surface area contributed by atoms with Crippen LogP contribution in [0.3, 0.4) is 0 Å². The molecule has 0 aliphatic carbocycles. The Balaban J connectivity index is 1.53. The summed E-state index contributed by atoms with van der Waals surface area (Å²) in [6.07, 6.45) is 0. The van der Waals surface area contributed by atoms with Crippen LogP contribution in [0.1, 0.15) is 28.9 Å². The van der Waals surface area contributed by atoms with Crippen LogP contribution in [0, 0.1) is 0 Å². The summed E-state index contributed by atoms with van der Waals surface area (Å²) in [5.74, 6) is -0.139. The van der Waals surface area contributed by atoms with Crippen LogP contribution in [0.15, 0.2) is 78.9 Å². The summed E-state index contributed by atoms with van der Waals surface area (Å²) in [5, 5.41) is 3.76. The maximum atomic E-state index is 13.4. The molecule has 1 amide bonds. The van der Waals surface area contributed by atoms with Gasteiger partial charge in [-0.25, -0.2) is 0 Å². The third-order valence-corrected chi connectivity index (χ3v) is 6.09. The highest BCUT2D eigenvalue weighted by molar-refractivity contribution is 6.33. The summed E-state index contributed by atoms with van der Waals surface area (Å²) in [4.78, 5) is 29.6. The maximum absolute atomic E-state index is 13.4. The molecule has 1 atom stereocenters. The molecule has 164 valence electrons. The highest BCUT2D eigenvalue weighted by Gasteiger charge is 2.31. The fourth-order valence-electron chi connectivity index (χ4n) is 4.12. The Morgan fingerprint density at radius 2 is 1.56 bits per heavy atom. The molecule has 1 fully saturated rings. The Morgan fingerprint density at radius 1 is 0.875 bits per heavy atom. The van der Waals surface area contributed by atoms with Crippen molar-refractivity contribution >= 4 is 34.7 Å². The van der Waals surface area contributed by atoms with Crippen LogP contribution in [-0.4, -0.2) is 42.8 Å². The first-order chi connectivity index (χ1) is 15.5. The minimum absolute atomic E-state index is 0.0311. The van der Waals surface area contributed by atoms with E-state index in [2.05, 4.69) is 15.1 Å². The number of piperazine rings is 1. The molecule has 1 aliphatic rings. The van der Waals surface area contributed by atoms with Crippen molar-refractivity contribution in [1.29, 1.82) is 0 Å². The van der Waals surface area contributed by atoms with Gasteiger partial charge in [0.05, 0.1) is 10.7 Å². The van der Waals surface area contributed by atoms with E-state index in [1.165, 1.54) is 6.92 Å². The molecule has 0 bridgehead atoms. The van der Waals surface area contributed by atoms with Crippen LogP contribution < -0.4 is 10.2 Å². The van der Waals surface area contributed by atoms with Gasteiger partial charge in [0, 0.05) is 37.4 Å². The quantitative estimate of drug-likeness (QED) is 0.537. The summed E-state index contributed by atoms with van der Waals surface area (Å²) in [7, 11) is 0. The highest BCUT2D eigenvalue weighted by Crippen LogP contribution is 2.29. The zero-order valence-corrected chi connectivity index (χ0v) is 18.8. The Hall–Kier alpha value is -3.15. The van der Waals surface area contributed by atoms with E-state index in [1.807, 2.05) is 60.7 Å². The van der Waals surface area contributed by atoms with Crippen LogP contribution in [0.4, 0.5) is 11.4 Å². The topological polar surface area (TPSA) is 52.7 Å². The average Bonchev–Trinajstić information content (AvgIpc) is 2.81. The predicted molar refractivity (Wildman–Crippen MR) is 129 cm³/mol. The number of anilines is 2. The number of para-hydroxylation sites is 1. The second-order valence-electron chi connectivity index (χ2n) is 7.91. The molecule has 3 aromatic carbocycles. The number of amides is 1. The molecule has 6 heteroatoms. The molecule has 5 nitrogen and oxygen atoms in total. The predicted octanol–water partition coefficient (Wildman–Crippen LogP) is 5.04. The summed E-state index contributed by atoms with van der Waals surface area (Å²) in [5.41, 5.74) is 3.17. The summed E-state index contributed by atoms with van der Waals surface area (Å²) in [6, 6.07) is 24.3. The van der Waals surface area contributed by atoms with Gasteiger partial charge in [-0.3, -0.25) is 14.5 Å². The van der Waals surface area contributed by atoms with Gasteiger partial charge in [-0.1, -0.05) is 66.2 Å². The van der Waals surface area contributed by atoms with Crippen LogP contribution in [0.5, 0.6) is 0 Å². The normalized spacial score (nSPS) is 15.2. The monoisotopic (exact) mass is 447 g/mol. The first-order valence-corrected chi connectivity index (χ1v) is 11.1. The lowest BCUT2D eigenvalue weighted by Gasteiger charge is -2.40. The standard InChI is InChI=1S/C26H26ClN3O2/c1-19(31)21-10-7-11-22(18-21)28-26(32)25(20-8-3-2-4-9-20)30-16-14-29(15-17-30)24-13-6-5-12-23(24)27/h2-13,18,25H,14-17H2,1H3,(H,28,32)/t25-/m0/s1. The average molecular weight is 448 g/mol. The van der Waals surface area contributed by atoms with E-state index in [4.69, 9.17) is 11.6 Å². The fourth-order valence-corrected chi connectivity index (χ4v) is 4.37. The van der Waals surface area contributed by atoms with Crippen molar-refractivity contribution in [1.82, 2.24) is 4.90 Å². The van der Waals surface area contributed by atoms with Crippen molar-refractivity contribution in [2.75, 3.05) is 36.4 Å². The summed E-state index contributed by atoms with van der Waals surface area (Å²) < 4.78 is 0. The van der Waals surface area contributed by atoms with Crippen molar-refractivity contribution in [3.63, 3.8) is 0 Å². The molecule has 0 unspecified atom stereocenters. The molecule has 32 heavy (non-hydrogen) atoms. The van der Waals surface area contributed by atoms with Crippen molar-refractivity contribution in [3.8, 4) is 0 Å². The van der Waals surface area contributed by atoms with Gasteiger partial charge in [0.15, 0.2) is 5.78 Å². The number of carbonyl (C=O) groups excluding carboxylic acids is 2. The molecule has 3 aromatic rings. The largest absolute Gasteiger partial charge is 0.368 e. The van der Waals surface area contributed by atoms with Crippen molar-refractivity contribution in [2.24, 2.45) is 0 Å². The second-order valence-corrected chi connectivity index (χ2v) is 8.32.